The standard InChI is InChI=1S/C22H21FN2O2S/c1-25(2)18(14-6-5-7-16(23)10-14)12-24-22(26)20-11-15-13-27-19-9-4-3-8-17(19)21(15)28-20/h3-11,18H,12-13H2,1-2H3,(H,24,26). The van der Waals surface area contributed by atoms with Crippen molar-refractivity contribution in [1.82, 2.24) is 10.2 Å². The molecule has 3 aromatic rings. The molecule has 144 valence electrons. The first-order valence-electron chi connectivity index (χ1n) is 9.08. The summed E-state index contributed by atoms with van der Waals surface area (Å²) in [6.45, 7) is 0.866. The van der Waals surface area contributed by atoms with Crippen molar-refractivity contribution in [3.8, 4) is 16.2 Å². The van der Waals surface area contributed by atoms with Crippen LogP contribution in [0, 0.1) is 5.82 Å². The van der Waals surface area contributed by atoms with Crippen LogP contribution < -0.4 is 10.1 Å². The quantitative estimate of drug-likeness (QED) is 0.691. The molecule has 1 aliphatic rings. The van der Waals surface area contributed by atoms with E-state index in [4.69, 9.17) is 4.74 Å². The number of nitrogens with zero attached hydrogens (tertiary/aromatic N) is 1. The van der Waals surface area contributed by atoms with E-state index < -0.39 is 0 Å². The first kappa shape index (κ1) is 18.7. The van der Waals surface area contributed by atoms with E-state index >= 15 is 0 Å². The number of rotatable bonds is 5. The highest BCUT2D eigenvalue weighted by Gasteiger charge is 2.23. The number of amides is 1. The summed E-state index contributed by atoms with van der Waals surface area (Å²) in [5.74, 6) is 0.447. The van der Waals surface area contributed by atoms with Gasteiger partial charge in [0.2, 0.25) is 0 Å². The number of hydrogen-bond acceptors (Lipinski definition) is 4. The van der Waals surface area contributed by atoms with E-state index in [1.165, 1.54) is 23.5 Å². The number of likely N-dealkylation sites (N-methyl/N-ethyl adjacent to an activating group) is 1. The van der Waals surface area contributed by atoms with Gasteiger partial charge in [0.15, 0.2) is 0 Å². The lowest BCUT2D eigenvalue weighted by Crippen LogP contribution is -2.34. The Morgan fingerprint density at radius 2 is 2.04 bits per heavy atom. The zero-order valence-electron chi connectivity index (χ0n) is 15.7. The van der Waals surface area contributed by atoms with Crippen molar-refractivity contribution >= 4 is 17.2 Å². The third kappa shape index (κ3) is 3.66. The lowest BCUT2D eigenvalue weighted by molar-refractivity contribution is 0.0946. The third-order valence-corrected chi connectivity index (χ3v) is 6.07. The molecule has 1 N–H and O–H groups in total. The molecule has 0 fully saturated rings. The fourth-order valence-corrected chi connectivity index (χ4v) is 4.51. The van der Waals surface area contributed by atoms with E-state index in [2.05, 4.69) is 5.32 Å². The van der Waals surface area contributed by atoms with Crippen LogP contribution in [0.4, 0.5) is 4.39 Å². The molecular weight excluding hydrogens is 375 g/mol. The third-order valence-electron chi connectivity index (χ3n) is 4.86. The number of thiophene rings is 1. The van der Waals surface area contributed by atoms with Gasteiger partial charge >= 0.3 is 0 Å². The summed E-state index contributed by atoms with van der Waals surface area (Å²) in [6.07, 6.45) is 0. The smallest absolute Gasteiger partial charge is 0.261 e. The lowest BCUT2D eigenvalue weighted by Gasteiger charge is -2.25. The van der Waals surface area contributed by atoms with Crippen LogP contribution in [-0.2, 0) is 6.61 Å². The molecule has 28 heavy (non-hydrogen) atoms. The van der Waals surface area contributed by atoms with E-state index in [1.54, 1.807) is 6.07 Å². The molecule has 2 aromatic carbocycles. The Morgan fingerprint density at radius 1 is 1.21 bits per heavy atom. The van der Waals surface area contributed by atoms with Gasteiger partial charge in [-0.15, -0.1) is 11.3 Å². The minimum Gasteiger partial charge on any atom is -0.488 e. The topological polar surface area (TPSA) is 41.6 Å². The molecular formula is C22H21FN2O2S. The first-order chi connectivity index (χ1) is 13.5. The van der Waals surface area contributed by atoms with E-state index in [0.29, 0.717) is 18.0 Å². The van der Waals surface area contributed by atoms with Crippen molar-refractivity contribution in [2.75, 3.05) is 20.6 Å². The monoisotopic (exact) mass is 396 g/mol. The summed E-state index contributed by atoms with van der Waals surface area (Å²) >= 11 is 1.48. The molecule has 0 aliphatic carbocycles. The molecule has 1 aromatic heterocycles. The summed E-state index contributed by atoms with van der Waals surface area (Å²) < 4.78 is 19.4. The van der Waals surface area contributed by atoms with Gasteiger partial charge in [-0.2, -0.15) is 0 Å². The maximum Gasteiger partial charge on any atom is 0.261 e. The molecule has 0 spiro atoms. The Bertz CT molecular complexity index is 1020. The Kier molecular flexibility index (Phi) is 5.15. The number of carbonyl (C=O) groups excluding carboxylic acids is 1. The lowest BCUT2D eigenvalue weighted by atomic mass is 10.1. The molecule has 2 heterocycles. The highest BCUT2D eigenvalue weighted by Crippen LogP contribution is 2.42. The van der Waals surface area contributed by atoms with Crippen LogP contribution in [0.25, 0.3) is 10.4 Å². The summed E-state index contributed by atoms with van der Waals surface area (Å²) in [4.78, 5) is 16.5. The van der Waals surface area contributed by atoms with Crippen molar-refractivity contribution in [3.63, 3.8) is 0 Å². The van der Waals surface area contributed by atoms with Crippen molar-refractivity contribution in [3.05, 3.63) is 76.4 Å². The second kappa shape index (κ2) is 7.73. The van der Waals surface area contributed by atoms with Gasteiger partial charge in [-0.25, -0.2) is 4.39 Å². The molecule has 6 heteroatoms. The number of halogens is 1. The van der Waals surface area contributed by atoms with Gasteiger partial charge < -0.3 is 15.0 Å². The summed E-state index contributed by atoms with van der Waals surface area (Å²) in [7, 11) is 3.83. The van der Waals surface area contributed by atoms with Crippen LogP contribution >= 0.6 is 11.3 Å². The molecule has 0 bridgehead atoms. The van der Waals surface area contributed by atoms with Gasteiger partial charge in [0.1, 0.15) is 18.2 Å². The molecule has 1 amide bonds. The normalized spacial score (nSPS) is 13.4. The van der Waals surface area contributed by atoms with Crippen LogP contribution in [-0.4, -0.2) is 31.4 Å². The summed E-state index contributed by atoms with van der Waals surface area (Å²) in [5.41, 5.74) is 2.89. The molecule has 4 nitrogen and oxygen atoms in total. The highest BCUT2D eigenvalue weighted by atomic mass is 32.1. The number of benzene rings is 2. The number of fused-ring (bicyclic) bond motifs is 3. The molecule has 4 rings (SSSR count). The fraction of sp³-hybridized carbons (Fsp3) is 0.227. The zero-order chi connectivity index (χ0) is 19.7. The molecule has 0 saturated heterocycles. The zero-order valence-corrected chi connectivity index (χ0v) is 16.6. The van der Waals surface area contributed by atoms with E-state index in [0.717, 1.165) is 27.3 Å². The minimum atomic E-state index is -0.278. The number of nitrogens with one attached hydrogen (secondary N) is 1. The van der Waals surface area contributed by atoms with E-state index in [-0.39, 0.29) is 17.8 Å². The number of hydrogen-bond donors (Lipinski definition) is 1. The number of para-hydroxylation sites is 1. The van der Waals surface area contributed by atoms with Gasteiger partial charge in [0.05, 0.1) is 10.9 Å². The maximum atomic E-state index is 13.6. The average Bonchev–Trinajstić information content (AvgIpc) is 3.13. The predicted octanol–water partition coefficient (Wildman–Crippen LogP) is 4.48. The molecule has 1 atom stereocenters. The Morgan fingerprint density at radius 3 is 2.82 bits per heavy atom. The van der Waals surface area contributed by atoms with Crippen molar-refractivity contribution in [2.24, 2.45) is 0 Å². The molecule has 0 radical (unpaired) electrons. The second-order valence-corrected chi connectivity index (χ2v) is 8.05. The average molecular weight is 396 g/mol. The number of carbonyl (C=O) groups is 1. The van der Waals surface area contributed by atoms with Gasteiger partial charge in [-0.05, 0) is 50.0 Å². The number of ether oxygens (including phenoxy) is 1. The summed E-state index contributed by atoms with van der Waals surface area (Å²) in [5, 5.41) is 3.00. The van der Waals surface area contributed by atoms with Crippen molar-refractivity contribution in [2.45, 2.75) is 12.6 Å². The largest absolute Gasteiger partial charge is 0.488 e. The van der Waals surface area contributed by atoms with Gasteiger partial charge in [0, 0.05) is 22.5 Å². The van der Waals surface area contributed by atoms with Crippen LogP contribution in [0.5, 0.6) is 5.75 Å². The van der Waals surface area contributed by atoms with Gasteiger partial charge in [-0.3, -0.25) is 4.79 Å². The van der Waals surface area contributed by atoms with Gasteiger partial charge in [0.25, 0.3) is 5.91 Å². The Hall–Kier alpha value is -2.70. The van der Waals surface area contributed by atoms with Crippen LogP contribution in [0.2, 0.25) is 0 Å². The van der Waals surface area contributed by atoms with Crippen molar-refractivity contribution < 1.29 is 13.9 Å². The Balaban J connectivity index is 1.51. The van der Waals surface area contributed by atoms with E-state index in [1.807, 2.05) is 55.4 Å². The Labute approximate surface area is 167 Å². The molecule has 1 unspecified atom stereocenters. The van der Waals surface area contributed by atoms with Crippen molar-refractivity contribution in [1.29, 1.82) is 0 Å². The SMILES string of the molecule is CN(C)C(CNC(=O)c1cc2c(s1)-c1ccccc1OC2)c1cccc(F)c1. The van der Waals surface area contributed by atoms with Crippen LogP contribution in [0.15, 0.2) is 54.6 Å². The highest BCUT2D eigenvalue weighted by molar-refractivity contribution is 7.17. The molecule has 1 aliphatic heterocycles. The minimum absolute atomic E-state index is 0.113. The van der Waals surface area contributed by atoms with E-state index in [9.17, 15) is 9.18 Å². The first-order valence-corrected chi connectivity index (χ1v) is 9.89. The van der Waals surface area contributed by atoms with Crippen LogP contribution in [0.1, 0.15) is 26.8 Å². The predicted molar refractivity (Wildman–Crippen MR) is 109 cm³/mol. The van der Waals surface area contributed by atoms with Gasteiger partial charge in [-0.1, -0.05) is 24.3 Å². The van der Waals surface area contributed by atoms with Crippen LogP contribution in [0.3, 0.4) is 0 Å². The fourth-order valence-electron chi connectivity index (χ4n) is 3.40. The maximum absolute atomic E-state index is 13.6. The molecule has 0 saturated carbocycles. The summed E-state index contributed by atoms with van der Waals surface area (Å²) in [6, 6.07) is 16.1. The second-order valence-electron chi connectivity index (χ2n) is 6.99.